The van der Waals surface area contributed by atoms with Crippen LogP contribution in [0.2, 0.25) is 0 Å². The smallest absolute Gasteiger partial charge is 0.305 e. The van der Waals surface area contributed by atoms with Crippen molar-refractivity contribution in [1.82, 2.24) is 0 Å². The third-order valence-corrected chi connectivity index (χ3v) is 3.51. The molecule has 0 saturated carbocycles. The van der Waals surface area contributed by atoms with Crippen LogP contribution in [0.3, 0.4) is 0 Å². The molecule has 1 aromatic carbocycles. The Morgan fingerprint density at radius 3 is 2.43 bits per heavy atom. The van der Waals surface area contributed by atoms with Crippen LogP contribution in [0.5, 0.6) is 5.75 Å². The van der Waals surface area contributed by atoms with Crippen LogP contribution < -0.4 is 4.74 Å². The van der Waals surface area contributed by atoms with Gasteiger partial charge in [0.15, 0.2) is 5.78 Å². The minimum atomic E-state index is -0.279. The van der Waals surface area contributed by atoms with E-state index in [-0.39, 0.29) is 18.2 Å². The van der Waals surface area contributed by atoms with E-state index in [9.17, 15) is 9.59 Å². The summed E-state index contributed by atoms with van der Waals surface area (Å²) in [7, 11) is 1.35. The predicted octanol–water partition coefficient (Wildman–Crippen LogP) is 3.62. The molecule has 0 heterocycles. The van der Waals surface area contributed by atoms with E-state index in [4.69, 9.17) is 4.74 Å². The Morgan fingerprint density at radius 1 is 1.10 bits per heavy atom. The average Bonchev–Trinajstić information content (AvgIpc) is 2.48. The molecule has 0 aromatic heterocycles. The van der Waals surface area contributed by atoms with Gasteiger partial charge in [0.05, 0.1) is 13.7 Å². The summed E-state index contributed by atoms with van der Waals surface area (Å²) in [6.45, 7) is 6.63. The second-order valence-corrected chi connectivity index (χ2v) is 5.06. The molecule has 0 aliphatic rings. The van der Waals surface area contributed by atoms with Crippen LogP contribution in [0.25, 0.3) is 0 Å². The Morgan fingerprint density at radius 2 is 1.81 bits per heavy atom. The van der Waals surface area contributed by atoms with E-state index in [1.165, 1.54) is 7.11 Å². The molecule has 0 atom stereocenters. The summed E-state index contributed by atoms with van der Waals surface area (Å²) < 4.78 is 10.2. The molecule has 0 radical (unpaired) electrons. The maximum absolute atomic E-state index is 12.2. The fraction of sp³-hybridized carbons (Fsp3) is 0.529. The molecule has 0 N–H and O–H groups in total. The van der Waals surface area contributed by atoms with E-state index in [1.54, 1.807) is 0 Å². The number of Topliss-reactive ketones (excluding diaryl/α,β-unsaturated/α-hetero) is 1. The Kier molecular flexibility index (Phi) is 6.92. The van der Waals surface area contributed by atoms with Crippen LogP contribution in [0, 0.1) is 13.8 Å². The number of carbonyl (C=O) groups is 2. The van der Waals surface area contributed by atoms with E-state index in [0.29, 0.717) is 25.0 Å². The SMILES string of the molecule is CCCOc1ccc(C(=O)CCCC(=O)OC)c(C)c1C. The molecule has 0 fully saturated rings. The molecule has 0 aliphatic carbocycles. The number of benzene rings is 1. The molecular formula is C17H24O4. The van der Waals surface area contributed by atoms with Crippen molar-refractivity contribution in [3.63, 3.8) is 0 Å². The van der Waals surface area contributed by atoms with E-state index >= 15 is 0 Å². The van der Waals surface area contributed by atoms with Crippen molar-refractivity contribution in [1.29, 1.82) is 0 Å². The third-order valence-electron chi connectivity index (χ3n) is 3.51. The molecule has 21 heavy (non-hydrogen) atoms. The summed E-state index contributed by atoms with van der Waals surface area (Å²) in [5.74, 6) is 0.612. The first kappa shape index (κ1) is 17.2. The molecule has 0 aliphatic heterocycles. The van der Waals surface area contributed by atoms with Gasteiger partial charge in [-0.05, 0) is 49.9 Å². The van der Waals surface area contributed by atoms with Crippen molar-refractivity contribution in [2.24, 2.45) is 0 Å². The minimum Gasteiger partial charge on any atom is -0.493 e. The van der Waals surface area contributed by atoms with Crippen LogP contribution >= 0.6 is 0 Å². The highest BCUT2D eigenvalue weighted by molar-refractivity contribution is 5.98. The first-order valence-electron chi connectivity index (χ1n) is 7.34. The highest BCUT2D eigenvalue weighted by Gasteiger charge is 2.14. The van der Waals surface area contributed by atoms with Gasteiger partial charge in [-0.3, -0.25) is 9.59 Å². The average molecular weight is 292 g/mol. The van der Waals surface area contributed by atoms with Gasteiger partial charge in [0.2, 0.25) is 0 Å². The van der Waals surface area contributed by atoms with Crippen LogP contribution in [-0.4, -0.2) is 25.5 Å². The molecule has 0 saturated heterocycles. The second kappa shape index (κ2) is 8.45. The Hall–Kier alpha value is -1.84. The second-order valence-electron chi connectivity index (χ2n) is 5.06. The monoisotopic (exact) mass is 292 g/mol. The summed E-state index contributed by atoms with van der Waals surface area (Å²) in [5.41, 5.74) is 2.66. The first-order chi connectivity index (χ1) is 10.0. The van der Waals surface area contributed by atoms with E-state index in [1.807, 2.05) is 26.0 Å². The molecule has 0 amide bonds. The fourth-order valence-corrected chi connectivity index (χ4v) is 2.10. The quantitative estimate of drug-likeness (QED) is 0.542. The fourth-order valence-electron chi connectivity index (χ4n) is 2.10. The van der Waals surface area contributed by atoms with Gasteiger partial charge in [0, 0.05) is 18.4 Å². The largest absolute Gasteiger partial charge is 0.493 e. The Labute approximate surface area is 126 Å². The number of ketones is 1. The standard InChI is InChI=1S/C17H24O4/c1-5-11-21-16-10-9-14(12(2)13(16)3)15(18)7-6-8-17(19)20-4/h9-10H,5-8,11H2,1-4H3. The van der Waals surface area contributed by atoms with Crippen molar-refractivity contribution >= 4 is 11.8 Å². The zero-order valence-electron chi connectivity index (χ0n) is 13.3. The lowest BCUT2D eigenvalue weighted by Gasteiger charge is -2.13. The van der Waals surface area contributed by atoms with Gasteiger partial charge in [-0.1, -0.05) is 6.92 Å². The normalized spacial score (nSPS) is 10.3. The number of hydrogen-bond donors (Lipinski definition) is 0. The van der Waals surface area contributed by atoms with Crippen molar-refractivity contribution < 1.29 is 19.1 Å². The number of hydrogen-bond acceptors (Lipinski definition) is 4. The molecular weight excluding hydrogens is 268 g/mol. The van der Waals surface area contributed by atoms with Crippen molar-refractivity contribution in [2.45, 2.75) is 46.5 Å². The molecule has 0 bridgehead atoms. The molecule has 0 spiro atoms. The lowest BCUT2D eigenvalue weighted by Crippen LogP contribution is -2.07. The summed E-state index contributed by atoms with van der Waals surface area (Å²) in [4.78, 5) is 23.3. The lowest BCUT2D eigenvalue weighted by molar-refractivity contribution is -0.140. The van der Waals surface area contributed by atoms with Gasteiger partial charge < -0.3 is 9.47 Å². The zero-order chi connectivity index (χ0) is 15.8. The summed E-state index contributed by atoms with van der Waals surface area (Å²) >= 11 is 0. The van der Waals surface area contributed by atoms with Crippen LogP contribution in [0.1, 0.15) is 54.1 Å². The highest BCUT2D eigenvalue weighted by Crippen LogP contribution is 2.25. The zero-order valence-corrected chi connectivity index (χ0v) is 13.3. The number of ether oxygens (including phenoxy) is 2. The number of carbonyl (C=O) groups excluding carboxylic acids is 2. The summed E-state index contributed by atoms with van der Waals surface area (Å²) in [6.07, 6.45) is 2.09. The molecule has 4 heteroatoms. The lowest BCUT2D eigenvalue weighted by atomic mass is 9.96. The maximum atomic E-state index is 12.2. The summed E-state index contributed by atoms with van der Waals surface area (Å²) in [5, 5.41) is 0. The summed E-state index contributed by atoms with van der Waals surface area (Å²) in [6, 6.07) is 3.67. The Balaban J connectivity index is 2.72. The minimum absolute atomic E-state index is 0.0570. The highest BCUT2D eigenvalue weighted by atomic mass is 16.5. The van der Waals surface area contributed by atoms with Crippen LogP contribution in [0.4, 0.5) is 0 Å². The first-order valence-corrected chi connectivity index (χ1v) is 7.34. The van der Waals surface area contributed by atoms with Gasteiger partial charge in [0.25, 0.3) is 0 Å². The van der Waals surface area contributed by atoms with Gasteiger partial charge in [-0.2, -0.15) is 0 Å². The topological polar surface area (TPSA) is 52.6 Å². The van der Waals surface area contributed by atoms with E-state index in [2.05, 4.69) is 11.7 Å². The number of methoxy groups -OCH3 is 1. The maximum Gasteiger partial charge on any atom is 0.305 e. The van der Waals surface area contributed by atoms with Gasteiger partial charge in [-0.15, -0.1) is 0 Å². The molecule has 1 rings (SSSR count). The van der Waals surface area contributed by atoms with Gasteiger partial charge >= 0.3 is 5.97 Å². The Bertz CT molecular complexity index is 506. The van der Waals surface area contributed by atoms with E-state index < -0.39 is 0 Å². The third kappa shape index (κ3) is 4.88. The molecule has 1 aromatic rings. The van der Waals surface area contributed by atoms with E-state index in [0.717, 1.165) is 23.3 Å². The number of rotatable bonds is 8. The van der Waals surface area contributed by atoms with Crippen LogP contribution in [0.15, 0.2) is 12.1 Å². The molecule has 4 nitrogen and oxygen atoms in total. The molecule has 0 unspecified atom stereocenters. The van der Waals surface area contributed by atoms with Crippen molar-refractivity contribution in [3.8, 4) is 5.75 Å². The van der Waals surface area contributed by atoms with Crippen LogP contribution in [-0.2, 0) is 9.53 Å². The number of esters is 1. The van der Waals surface area contributed by atoms with Crippen molar-refractivity contribution in [2.75, 3.05) is 13.7 Å². The van der Waals surface area contributed by atoms with Gasteiger partial charge in [0.1, 0.15) is 5.75 Å². The molecule has 116 valence electrons. The van der Waals surface area contributed by atoms with Gasteiger partial charge in [-0.25, -0.2) is 0 Å². The predicted molar refractivity (Wildman–Crippen MR) is 81.9 cm³/mol. The van der Waals surface area contributed by atoms with Crippen molar-refractivity contribution in [3.05, 3.63) is 28.8 Å².